The van der Waals surface area contributed by atoms with Crippen molar-refractivity contribution in [1.82, 2.24) is 9.97 Å². The maximum atomic E-state index is 13.2. The molecule has 0 aromatic carbocycles. The predicted molar refractivity (Wildman–Crippen MR) is 61.1 cm³/mol. The van der Waals surface area contributed by atoms with Crippen LogP contribution < -0.4 is 10.6 Å². The summed E-state index contributed by atoms with van der Waals surface area (Å²) in [5, 5.41) is 5.68. The quantitative estimate of drug-likeness (QED) is 0.692. The number of rotatable bonds is 7. The molecule has 1 aromatic rings. The second kappa shape index (κ2) is 6.95. The normalized spacial score (nSPS) is 10.2. The number of hydrogen-bond donors (Lipinski definition) is 2. The molecule has 0 aliphatic carbocycles. The van der Waals surface area contributed by atoms with Gasteiger partial charge in [0.25, 0.3) is 0 Å². The van der Waals surface area contributed by atoms with E-state index in [0.717, 1.165) is 25.6 Å². The highest BCUT2D eigenvalue weighted by Gasteiger charge is 2.04. The van der Waals surface area contributed by atoms with Gasteiger partial charge in [-0.15, -0.1) is 0 Å². The minimum Gasteiger partial charge on any atom is -0.385 e. The van der Waals surface area contributed by atoms with Crippen molar-refractivity contribution in [3.8, 4) is 0 Å². The van der Waals surface area contributed by atoms with Crippen molar-refractivity contribution < 1.29 is 9.13 Å². The first-order chi connectivity index (χ1) is 7.77. The van der Waals surface area contributed by atoms with Crippen molar-refractivity contribution in [1.29, 1.82) is 0 Å². The Morgan fingerprint density at radius 1 is 1.44 bits per heavy atom. The van der Waals surface area contributed by atoms with Gasteiger partial charge in [-0.2, -0.15) is 4.98 Å². The molecule has 0 unspecified atom stereocenters. The first-order valence-electron chi connectivity index (χ1n) is 5.21. The van der Waals surface area contributed by atoms with Gasteiger partial charge in [-0.1, -0.05) is 0 Å². The Bertz CT molecular complexity index is 322. The van der Waals surface area contributed by atoms with Crippen LogP contribution in [0.5, 0.6) is 0 Å². The Balaban J connectivity index is 2.40. The van der Waals surface area contributed by atoms with Crippen LogP contribution in [0.3, 0.4) is 0 Å². The molecular formula is C10H17FN4O. The molecule has 0 saturated carbocycles. The van der Waals surface area contributed by atoms with Crippen LogP contribution in [0.2, 0.25) is 0 Å². The van der Waals surface area contributed by atoms with Crippen molar-refractivity contribution in [3.05, 3.63) is 12.0 Å². The number of unbranched alkanes of at least 4 members (excludes halogenated alkanes) is 1. The number of ether oxygens (including phenoxy) is 1. The molecule has 0 amide bonds. The average molecular weight is 228 g/mol. The third-order valence-corrected chi connectivity index (χ3v) is 2.04. The first kappa shape index (κ1) is 12.6. The van der Waals surface area contributed by atoms with Gasteiger partial charge in [-0.05, 0) is 12.8 Å². The fourth-order valence-corrected chi connectivity index (χ4v) is 1.19. The summed E-state index contributed by atoms with van der Waals surface area (Å²) >= 11 is 0. The van der Waals surface area contributed by atoms with E-state index in [1.165, 1.54) is 0 Å². The third kappa shape index (κ3) is 3.98. The van der Waals surface area contributed by atoms with E-state index in [1.54, 1.807) is 14.2 Å². The lowest BCUT2D eigenvalue weighted by atomic mass is 10.3. The van der Waals surface area contributed by atoms with Gasteiger partial charge in [0.2, 0.25) is 5.95 Å². The number of anilines is 2. The molecule has 0 aliphatic heterocycles. The van der Waals surface area contributed by atoms with E-state index in [1.807, 2.05) is 0 Å². The summed E-state index contributed by atoms with van der Waals surface area (Å²) in [6.45, 7) is 1.39. The highest BCUT2D eigenvalue weighted by molar-refractivity contribution is 5.40. The van der Waals surface area contributed by atoms with Gasteiger partial charge >= 0.3 is 0 Å². The molecule has 1 rings (SSSR count). The molecule has 0 fully saturated rings. The van der Waals surface area contributed by atoms with Gasteiger partial charge in [0.15, 0.2) is 11.6 Å². The zero-order valence-corrected chi connectivity index (χ0v) is 9.59. The summed E-state index contributed by atoms with van der Waals surface area (Å²) in [5.41, 5.74) is 0. The average Bonchev–Trinajstić information content (AvgIpc) is 2.31. The topological polar surface area (TPSA) is 59.1 Å². The van der Waals surface area contributed by atoms with E-state index in [4.69, 9.17) is 4.74 Å². The van der Waals surface area contributed by atoms with Crippen LogP contribution in [-0.4, -0.2) is 37.3 Å². The largest absolute Gasteiger partial charge is 0.385 e. The molecule has 16 heavy (non-hydrogen) atoms. The van der Waals surface area contributed by atoms with Crippen LogP contribution in [0.25, 0.3) is 0 Å². The van der Waals surface area contributed by atoms with E-state index in [-0.39, 0.29) is 5.82 Å². The zero-order chi connectivity index (χ0) is 11.8. The molecule has 90 valence electrons. The lowest BCUT2D eigenvalue weighted by Gasteiger charge is -2.07. The number of aromatic nitrogens is 2. The Morgan fingerprint density at radius 3 is 2.94 bits per heavy atom. The summed E-state index contributed by atoms with van der Waals surface area (Å²) in [6.07, 6.45) is 3.00. The lowest BCUT2D eigenvalue weighted by molar-refractivity contribution is 0.193. The predicted octanol–water partition coefficient (Wildman–Crippen LogP) is 1.50. The zero-order valence-electron chi connectivity index (χ0n) is 9.59. The molecule has 0 atom stereocenters. The fourth-order valence-electron chi connectivity index (χ4n) is 1.19. The highest BCUT2D eigenvalue weighted by Crippen LogP contribution is 2.11. The molecule has 0 spiro atoms. The van der Waals surface area contributed by atoms with Crippen molar-refractivity contribution in [2.24, 2.45) is 0 Å². The second-order valence-electron chi connectivity index (χ2n) is 3.27. The molecule has 6 heteroatoms. The van der Waals surface area contributed by atoms with E-state index < -0.39 is 5.82 Å². The summed E-state index contributed by atoms with van der Waals surface area (Å²) in [6, 6.07) is 0. The van der Waals surface area contributed by atoms with Gasteiger partial charge in [0, 0.05) is 27.3 Å². The molecule has 0 saturated heterocycles. The SMILES string of the molecule is CNc1ncc(F)c(NCCCCOC)n1. The second-order valence-corrected chi connectivity index (χ2v) is 3.27. The van der Waals surface area contributed by atoms with Crippen molar-refractivity contribution in [3.63, 3.8) is 0 Å². The molecule has 1 aromatic heterocycles. The van der Waals surface area contributed by atoms with Crippen molar-refractivity contribution >= 4 is 11.8 Å². The molecule has 5 nitrogen and oxygen atoms in total. The number of nitrogens with zero attached hydrogens (tertiary/aromatic N) is 2. The van der Waals surface area contributed by atoms with Crippen LogP contribution in [0.4, 0.5) is 16.2 Å². The van der Waals surface area contributed by atoms with Crippen LogP contribution in [0.15, 0.2) is 6.20 Å². The van der Waals surface area contributed by atoms with Gasteiger partial charge in [-0.25, -0.2) is 9.37 Å². The van der Waals surface area contributed by atoms with E-state index in [0.29, 0.717) is 12.5 Å². The highest BCUT2D eigenvalue weighted by atomic mass is 19.1. The lowest BCUT2D eigenvalue weighted by Crippen LogP contribution is -2.08. The summed E-state index contributed by atoms with van der Waals surface area (Å²) in [7, 11) is 3.35. The van der Waals surface area contributed by atoms with Gasteiger partial charge in [0.1, 0.15) is 0 Å². The van der Waals surface area contributed by atoms with Gasteiger partial charge < -0.3 is 15.4 Å². The molecular weight excluding hydrogens is 211 g/mol. The molecule has 2 N–H and O–H groups in total. The van der Waals surface area contributed by atoms with E-state index >= 15 is 0 Å². The summed E-state index contributed by atoms with van der Waals surface area (Å²) < 4.78 is 18.2. The molecule has 1 heterocycles. The van der Waals surface area contributed by atoms with Crippen LogP contribution in [0, 0.1) is 5.82 Å². The van der Waals surface area contributed by atoms with Crippen molar-refractivity contribution in [2.45, 2.75) is 12.8 Å². The molecule has 0 bridgehead atoms. The number of halogens is 1. The van der Waals surface area contributed by atoms with Crippen LogP contribution in [0.1, 0.15) is 12.8 Å². The number of hydrogen-bond acceptors (Lipinski definition) is 5. The smallest absolute Gasteiger partial charge is 0.224 e. The number of methoxy groups -OCH3 is 1. The Hall–Kier alpha value is -1.43. The monoisotopic (exact) mass is 228 g/mol. The summed E-state index contributed by atoms with van der Waals surface area (Å²) in [5.74, 6) is 0.197. The maximum Gasteiger partial charge on any atom is 0.224 e. The summed E-state index contributed by atoms with van der Waals surface area (Å²) in [4.78, 5) is 7.73. The standard InChI is InChI=1S/C10H17FN4O/c1-12-10-14-7-8(11)9(15-10)13-5-3-4-6-16-2/h7H,3-6H2,1-2H3,(H2,12,13,14,15). The van der Waals surface area contributed by atoms with E-state index in [2.05, 4.69) is 20.6 Å². The third-order valence-electron chi connectivity index (χ3n) is 2.04. The molecule has 0 radical (unpaired) electrons. The Labute approximate surface area is 94.4 Å². The van der Waals surface area contributed by atoms with Gasteiger partial charge in [-0.3, -0.25) is 0 Å². The Kier molecular flexibility index (Phi) is 5.49. The first-order valence-corrected chi connectivity index (χ1v) is 5.21. The van der Waals surface area contributed by atoms with E-state index in [9.17, 15) is 4.39 Å². The minimum atomic E-state index is -0.439. The van der Waals surface area contributed by atoms with Crippen LogP contribution in [-0.2, 0) is 4.74 Å². The van der Waals surface area contributed by atoms with Gasteiger partial charge in [0.05, 0.1) is 6.20 Å². The molecule has 0 aliphatic rings. The Morgan fingerprint density at radius 2 is 2.25 bits per heavy atom. The fraction of sp³-hybridized carbons (Fsp3) is 0.600. The maximum absolute atomic E-state index is 13.2. The number of nitrogens with one attached hydrogen (secondary N) is 2. The minimum absolute atomic E-state index is 0.233. The van der Waals surface area contributed by atoms with Crippen LogP contribution >= 0.6 is 0 Å². The van der Waals surface area contributed by atoms with Crippen molar-refractivity contribution in [2.75, 3.05) is 37.9 Å².